The second kappa shape index (κ2) is 5.88. The van der Waals surface area contributed by atoms with E-state index >= 15 is 0 Å². The Morgan fingerprint density at radius 2 is 2.09 bits per heavy atom. The first-order valence-corrected chi connectivity index (χ1v) is 7.46. The number of anilines is 1. The Balaban J connectivity index is 2.02. The molecule has 3 aromatic rings. The van der Waals surface area contributed by atoms with Crippen LogP contribution in [0.25, 0.3) is 10.9 Å². The Labute approximate surface area is 135 Å². The molecule has 2 N–H and O–H groups in total. The van der Waals surface area contributed by atoms with Crippen LogP contribution in [-0.4, -0.2) is 9.97 Å². The number of fused-ring (bicyclic) bond motifs is 1. The zero-order chi connectivity index (χ0) is 15.7. The first-order valence-electron chi connectivity index (χ1n) is 6.66. The number of aromatic nitrogens is 2. The molecule has 0 amide bonds. The highest BCUT2D eigenvalue weighted by Gasteiger charge is 2.15. The third-order valence-corrected chi connectivity index (χ3v) is 3.72. The van der Waals surface area contributed by atoms with Crippen LogP contribution in [0.1, 0.15) is 18.6 Å². The number of halogens is 2. The number of rotatable bonds is 3. The largest absolute Gasteiger partial charge is 0.482 e. The van der Waals surface area contributed by atoms with Gasteiger partial charge in [-0.05, 0) is 47.1 Å². The summed E-state index contributed by atoms with van der Waals surface area (Å²) in [7, 11) is 0. The Morgan fingerprint density at radius 1 is 1.27 bits per heavy atom. The second-order valence-corrected chi connectivity index (χ2v) is 5.78. The van der Waals surface area contributed by atoms with Gasteiger partial charge in [-0.2, -0.15) is 0 Å². The SMILES string of the molecule is CC(Oc1cc(Br)cnc1N)c1cc(F)cc2cccnc12. The molecule has 0 fully saturated rings. The molecule has 3 rings (SSSR count). The second-order valence-electron chi connectivity index (χ2n) is 4.87. The van der Waals surface area contributed by atoms with E-state index < -0.39 is 6.10 Å². The quantitative estimate of drug-likeness (QED) is 0.757. The van der Waals surface area contributed by atoms with E-state index in [1.165, 1.54) is 12.1 Å². The molecule has 2 aromatic heterocycles. The van der Waals surface area contributed by atoms with Crippen LogP contribution in [0.15, 0.2) is 47.2 Å². The lowest BCUT2D eigenvalue weighted by atomic mass is 10.1. The summed E-state index contributed by atoms with van der Waals surface area (Å²) in [6.45, 7) is 1.82. The van der Waals surface area contributed by atoms with Crippen molar-refractivity contribution in [3.8, 4) is 5.75 Å². The van der Waals surface area contributed by atoms with Crippen molar-refractivity contribution < 1.29 is 9.13 Å². The van der Waals surface area contributed by atoms with Crippen molar-refractivity contribution in [2.24, 2.45) is 0 Å². The summed E-state index contributed by atoms with van der Waals surface area (Å²) in [5.41, 5.74) is 7.18. The lowest BCUT2D eigenvalue weighted by Gasteiger charge is -2.17. The van der Waals surface area contributed by atoms with Crippen LogP contribution in [-0.2, 0) is 0 Å². The molecule has 0 saturated carbocycles. The van der Waals surface area contributed by atoms with Gasteiger partial charge in [-0.1, -0.05) is 6.07 Å². The molecule has 0 aliphatic heterocycles. The molecule has 2 heterocycles. The molecule has 0 saturated heterocycles. The van der Waals surface area contributed by atoms with E-state index in [2.05, 4.69) is 25.9 Å². The maximum absolute atomic E-state index is 13.8. The number of nitrogen functional groups attached to an aromatic ring is 1. The van der Waals surface area contributed by atoms with Gasteiger partial charge in [-0.3, -0.25) is 4.98 Å². The van der Waals surface area contributed by atoms with Crippen LogP contribution in [0.2, 0.25) is 0 Å². The summed E-state index contributed by atoms with van der Waals surface area (Å²) < 4.78 is 20.4. The summed E-state index contributed by atoms with van der Waals surface area (Å²) in [5.74, 6) is 0.394. The lowest BCUT2D eigenvalue weighted by Crippen LogP contribution is -2.07. The maximum Gasteiger partial charge on any atom is 0.166 e. The molecule has 4 nitrogen and oxygen atoms in total. The number of benzene rings is 1. The van der Waals surface area contributed by atoms with E-state index in [4.69, 9.17) is 10.5 Å². The van der Waals surface area contributed by atoms with Gasteiger partial charge in [-0.25, -0.2) is 9.37 Å². The third kappa shape index (κ3) is 2.87. The highest BCUT2D eigenvalue weighted by atomic mass is 79.9. The minimum absolute atomic E-state index is 0.281. The summed E-state index contributed by atoms with van der Waals surface area (Å²) in [6.07, 6.45) is 2.84. The van der Waals surface area contributed by atoms with Crippen LogP contribution in [0, 0.1) is 5.82 Å². The molecule has 1 aromatic carbocycles. The van der Waals surface area contributed by atoms with Gasteiger partial charge in [-0.15, -0.1) is 0 Å². The maximum atomic E-state index is 13.8. The topological polar surface area (TPSA) is 61.0 Å². The number of nitrogens with zero attached hydrogens (tertiary/aromatic N) is 2. The first kappa shape index (κ1) is 14.7. The van der Waals surface area contributed by atoms with Crippen LogP contribution < -0.4 is 10.5 Å². The van der Waals surface area contributed by atoms with E-state index in [1.807, 2.05) is 13.0 Å². The molecule has 0 aliphatic carbocycles. The molecule has 0 spiro atoms. The zero-order valence-electron chi connectivity index (χ0n) is 11.8. The number of hydrogen-bond acceptors (Lipinski definition) is 4. The fourth-order valence-corrected chi connectivity index (χ4v) is 2.58. The van der Waals surface area contributed by atoms with Gasteiger partial charge >= 0.3 is 0 Å². The number of nitrogens with two attached hydrogens (primary N) is 1. The fourth-order valence-electron chi connectivity index (χ4n) is 2.27. The van der Waals surface area contributed by atoms with Crippen molar-refractivity contribution in [2.45, 2.75) is 13.0 Å². The standard InChI is InChI=1S/C16H13BrFN3O/c1-9(22-14-6-11(17)8-21-16(14)19)13-7-12(18)5-10-3-2-4-20-15(10)13/h2-9H,1H3,(H2,19,21). The monoisotopic (exact) mass is 361 g/mol. The highest BCUT2D eigenvalue weighted by molar-refractivity contribution is 9.10. The van der Waals surface area contributed by atoms with Crippen molar-refractivity contribution >= 4 is 32.7 Å². The summed E-state index contributed by atoms with van der Waals surface area (Å²) in [6, 6.07) is 8.20. The molecule has 0 radical (unpaired) electrons. The molecular weight excluding hydrogens is 349 g/mol. The van der Waals surface area contributed by atoms with Gasteiger partial charge in [0.2, 0.25) is 0 Å². The van der Waals surface area contributed by atoms with E-state index in [0.717, 1.165) is 9.86 Å². The number of hydrogen-bond donors (Lipinski definition) is 1. The van der Waals surface area contributed by atoms with Crippen molar-refractivity contribution in [2.75, 3.05) is 5.73 Å². The Kier molecular flexibility index (Phi) is 3.94. The van der Waals surface area contributed by atoms with E-state index in [1.54, 1.807) is 24.5 Å². The normalized spacial score (nSPS) is 12.3. The first-order chi connectivity index (χ1) is 10.5. The van der Waals surface area contributed by atoms with Gasteiger partial charge in [0.1, 0.15) is 11.9 Å². The highest BCUT2D eigenvalue weighted by Crippen LogP contribution is 2.31. The fraction of sp³-hybridized carbons (Fsp3) is 0.125. The average molecular weight is 362 g/mol. The zero-order valence-corrected chi connectivity index (χ0v) is 13.3. The van der Waals surface area contributed by atoms with E-state index in [9.17, 15) is 4.39 Å². The number of ether oxygens (including phenoxy) is 1. The minimum Gasteiger partial charge on any atom is -0.482 e. The molecule has 0 aliphatic rings. The molecule has 0 bridgehead atoms. The van der Waals surface area contributed by atoms with Crippen LogP contribution >= 0.6 is 15.9 Å². The molecule has 6 heteroatoms. The summed E-state index contributed by atoms with van der Waals surface area (Å²) >= 11 is 3.32. The number of pyridine rings is 2. The van der Waals surface area contributed by atoms with E-state index in [0.29, 0.717) is 16.8 Å². The van der Waals surface area contributed by atoms with Gasteiger partial charge in [0.25, 0.3) is 0 Å². The van der Waals surface area contributed by atoms with E-state index in [-0.39, 0.29) is 11.6 Å². The van der Waals surface area contributed by atoms with Gasteiger partial charge in [0.15, 0.2) is 11.6 Å². The predicted molar refractivity (Wildman–Crippen MR) is 87.1 cm³/mol. The van der Waals surface area contributed by atoms with Crippen molar-refractivity contribution in [3.05, 3.63) is 58.6 Å². The lowest BCUT2D eigenvalue weighted by molar-refractivity contribution is 0.228. The van der Waals surface area contributed by atoms with Crippen molar-refractivity contribution in [1.82, 2.24) is 9.97 Å². The van der Waals surface area contributed by atoms with Gasteiger partial charge in [0.05, 0.1) is 5.52 Å². The molecule has 1 unspecified atom stereocenters. The van der Waals surface area contributed by atoms with Crippen LogP contribution in [0.5, 0.6) is 5.75 Å². The van der Waals surface area contributed by atoms with Gasteiger partial charge < -0.3 is 10.5 Å². The minimum atomic E-state index is -0.425. The average Bonchev–Trinajstić information content (AvgIpc) is 2.50. The molecule has 112 valence electrons. The van der Waals surface area contributed by atoms with Crippen molar-refractivity contribution in [3.63, 3.8) is 0 Å². The smallest absolute Gasteiger partial charge is 0.166 e. The summed E-state index contributed by atoms with van der Waals surface area (Å²) in [5, 5.41) is 0.730. The molecule has 22 heavy (non-hydrogen) atoms. The van der Waals surface area contributed by atoms with Gasteiger partial charge in [0, 0.05) is 27.8 Å². The molecular formula is C16H13BrFN3O. The van der Waals surface area contributed by atoms with Crippen LogP contribution in [0.4, 0.5) is 10.2 Å². The molecule has 1 atom stereocenters. The Hall–Kier alpha value is -2.21. The Bertz CT molecular complexity index is 841. The summed E-state index contributed by atoms with van der Waals surface area (Å²) in [4.78, 5) is 8.34. The predicted octanol–water partition coefficient (Wildman–Crippen LogP) is 4.25. The van der Waals surface area contributed by atoms with Crippen molar-refractivity contribution in [1.29, 1.82) is 0 Å². The third-order valence-electron chi connectivity index (χ3n) is 3.29. The van der Waals surface area contributed by atoms with Crippen LogP contribution in [0.3, 0.4) is 0 Å². The Morgan fingerprint density at radius 3 is 2.91 bits per heavy atom.